The standard InChI is InChI=1S/C19H28N4O4S/c1-14(24)23-9-3-4-15-12-17(5-6-18(15)23)28(26,27)21-16-7-10-22(11-8-16)13-19(25)20-2/h5-6,12,16,21H,3-4,7-11,13H2,1-2H3,(H,20,25). The Labute approximate surface area is 166 Å². The Hall–Kier alpha value is -1.97. The predicted octanol–water partition coefficient (Wildman–Crippen LogP) is 0.474. The minimum atomic E-state index is -3.63. The summed E-state index contributed by atoms with van der Waals surface area (Å²) >= 11 is 0. The van der Waals surface area contributed by atoms with Crippen molar-refractivity contribution in [3.63, 3.8) is 0 Å². The molecule has 154 valence electrons. The molecule has 2 amide bonds. The summed E-state index contributed by atoms with van der Waals surface area (Å²) < 4.78 is 28.5. The Kier molecular flexibility index (Phi) is 6.36. The number of hydrogen-bond acceptors (Lipinski definition) is 5. The lowest BCUT2D eigenvalue weighted by molar-refractivity contribution is -0.122. The van der Waals surface area contributed by atoms with Crippen molar-refractivity contribution in [2.24, 2.45) is 0 Å². The second-order valence-corrected chi connectivity index (χ2v) is 9.12. The SMILES string of the molecule is CNC(=O)CN1CCC(NS(=O)(=O)c2ccc3c(c2)CCCN3C(C)=O)CC1. The molecule has 9 heteroatoms. The monoisotopic (exact) mass is 408 g/mol. The number of rotatable bonds is 5. The number of amides is 2. The van der Waals surface area contributed by atoms with Gasteiger partial charge in [0.05, 0.1) is 11.4 Å². The van der Waals surface area contributed by atoms with E-state index in [1.165, 1.54) is 6.92 Å². The molecular formula is C19H28N4O4S. The highest BCUT2D eigenvalue weighted by molar-refractivity contribution is 7.89. The lowest BCUT2D eigenvalue weighted by Crippen LogP contribution is -2.47. The van der Waals surface area contributed by atoms with Gasteiger partial charge in [-0.3, -0.25) is 14.5 Å². The molecule has 1 aromatic rings. The minimum Gasteiger partial charge on any atom is -0.358 e. The number of benzene rings is 1. The topological polar surface area (TPSA) is 98.8 Å². The van der Waals surface area contributed by atoms with Crippen LogP contribution in [-0.2, 0) is 26.0 Å². The first-order valence-corrected chi connectivity index (χ1v) is 11.1. The average Bonchev–Trinajstić information content (AvgIpc) is 2.68. The molecule has 0 aromatic heterocycles. The fourth-order valence-electron chi connectivity index (χ4n) is 3.85. The normalized spacial score (nSPS) is 18.6. The number of aryl methyl sites for hydroxylation is 1. The van der Waals surface area contributed by atoms with E-state index in [-0.39, 0.29) is 22.8 Å². The highest BCUT2D eigenvalue weighted by Gasteiger charge is 2.27. The van der Waals surface area contributed by atoms with Gasteiger partial charge in [0.2, 0.25) is 21.8 Å². The van der Waals surface area contributed by atoms with Crippen LogP contribution in [0.4, 0.5) is 5.69 Å². The lowest BCUT2D eigenvalue weighted by atomic mass is 10.0. The van der Waals surface area contributed by atoms with Crippen LogP contribution in [0.2, 0.25) is 0 Å². The number of nitrogens with zero attached hydrogens (tertiary/aromatic N) is 2. The van der Waals surface area contributed by atoms with Crippen LogP contribution in [0.15, 0.2) is 23.1 Å². The number of nitrogens with one attached hydrogen (secondary N) is 2. The molecule has 3 rings (SSSR count). The van der Waals surface area contributed by atoms with E-state index < -0.39 is 10.0 Å². The zero-order valence-electron chi connectivity index (χ0n) is 16.4. The van der Waals surface area contributed by atoms with Gasteiger partial charge in [-0.15, -0.1) is 0 Å². The van der Waals surface area contributed by atoms with Crippen molar-refractivity contribution < 1.29 is 18.0 Å². The van der Waals surface area contributed by atoms with Crippen molar-refractivity contribution in [2.45, 2.75) is 43.5 Å². The van der Waals surface area contributed by atoms with E-state index >= 15 is 0 Å². The molecule has 0 aliphatic carbocycles. The lowest BCUT2D eigenvalue weighted by Gasteiger charge is -2.32. The van der Waals surface area contributed by atoms with Gasteiger partial charge in [-0.25, -0.2) is 13.1 Å². The van der Waals surface area contributed by atoms with Gasteiger partial charge in [0.15, 0.2) is 0 Å². The Morgan fingerprint density at radius 2 is 1.89 bits per heavy atom. The first-order chi connectivity index (χ1) is 13.3. The maximum atomic E-state index is 12.8. The molecule has 0 bridgehead atoms. The zero-order valence-corrected chi connectivity index (χ0v) is 17.2. The molecule has 0 unspecified atom stereocenters. The van der Waals surface area contributed by atoms with Crippen molar-refractivity contribution in [1.82, 2.24) is 14.9 Å². The minimum absolute atomic E-state index is 0.0294. The molecule has 0 spiro atoms. The molecule has 2 N–H and O–H groups in total. The summed E-state index contributed by atoms with van der Waals surface area (Å²) in [6.45, 7) is 3.89. The predicted molar refractivity (Wildman–Crippen MR) is 107 cm³/mol. The van der Waals surface area contributed by atoms with Gasteiger partial charge in [0, 0.05) is 45.3 Å². The van der Waals surface area contributed by atoms with E-state index in [9.17, 15) is 18.0 Å². The van der Waals surface area contributed by atoms with E-state index in [1.807, 2.05) is 4.90 Å². The van der Waals surface area contributed by atoms with E-state index in [2.05, 4.69) is 10.0 Å². The van der Waals surface area contributed by atoms with Crippen LogP contribution in [0.25, 0.3) is 0 Å². The summed E-state index contributed by atoms with van der Waals surface area (Å²) in [5, 5.41) is 2.60. The summed E-state index contributed by atoms with van der Waals surface area (Å²) in [6, 6.07) is 4.85. The van der Waals surface area contributed by atoms with Crippen LogP contribution < -0.4 is 14.9 Å². The first kappa shape index (κ1) is 20.8. The highest BCUT2D eigenvalue weighted by Crippen LogP contribution is 2.29. The summed E-state index contributed by atoms with van der Waals surface area (Å²) in [5.41, 5.74) is 1.70. The molecule has 1 saturated heterocycles. The van der Waals surface area contributed by atoms with Crippen LogP contribution in [0.3, 0.4) is 0 Å². The second kappa shape index (κ2) is 8.59. The maximum absolute atomic E-state index is 12.8. The second-order valence-electron chi connectivity index (χ2n) is 7.41. The largest absolute Gasteiger partial charge is 0.358 e. The van der Waals surface area contributed by atoms with Crippen LogP contribution in [0.5, 0.6) is 0 Å². The molecule has 0 saturated carbocycles. The molecule has 1 fully saturated rings. The number of hydrogen-bond donors (Lipinski definition) is 2. The fourth-order valence-corrected chi connectivity index (χ4v) is 5.20. The summed E-state index contributed by atoms with van der Waals surface area (Å²) in [5.74, 6) is -0.0640. The third-order valence-electron chi connectivity index (χ3n) is 5.42. The molecule has 8 nitrogen and oxygen atoms in total. The van der Waals surface area contributed by atoms with Crippen LogP contribution >= 0.6 is 0 Å². The van der Waals surface area contributed by atoms with E-state index in [0.717, 1.165) is 24.1 Å². The Balaban J connectivity index is 1.66. The van der Waals surface area contributed by atoms with Crippen molar-refractivity contribution in [2.75, 3.05) is 38.1 Å². The van der Waals surface area contributed by atoms with E-state index in [1.54, 1.807) is 30.1 Å². The van der Waals surface area contributed by atoms with Crippen LogP contribution in [0.1, 0.15) is 31.7 Å². The van der Waals surface area contributed by atoms with Crippen molar-refractivity contribution >= 4 is 27.5 Å². The quantitative estimate of drug-likeness (QED) is 0.738. The summed E-state index contributed by atoms with van der Waals surface area (Å²) in [7, 11) is -2.02. The van der Waals surface area contributed by atoms with Crippen LogP contribution in [0, 0.1) is 0 Å². The molecule has 2 aliphatic rings. The van der Waals surface area contributed by atoms with Gasteiger partial charge in [0.1, 0.15) is 0 Å². The third kappa shape index (κ3) is 4.71. The number of anilines is 1. The molecule has 1 aromatic carbocycles. The molecule has 0 radical (unpaired) electrons. The smallest absolute Gasteiger partial charge is 0.240 e. The Morgan fingerprint density at radius 1 is 1.18 bits per heavy atom. The third-order valence-corrected chi connectivity index (χ3v) is 6.93. The number of carbonyl (C=O) groups is 2. The van der Waals surface area contributed by atoms with E-state index in [4.69, 9.17) is 0 Å². The van der Waals surface area contributed by atoms with Crippen molar-refractivity contribution in [1.29, 1.82) is 0 Å². The first-order valence-electron chi connectivity index (χ1n) is 9.66. The Morgan fingerprint density at radius 3 is 2.54 bits per heavy atom. The van der Waals surface area contributed by atoms with Crippen molar-refractivity contribution in [3.8, 4) is 0 Å². The highest BCUT2D eigenvalue weighted by atomic mass is 32.2. The number of sulfonamides is 1. The van der Waals surface area contributed by atoms with Gasteiger partial charge in [0.25, 0.3) is 0 Å². The molecular weight excluding hydrogens is 380 g/mol. The molecule has 0 atom stereocenters. The van der Waals surface area contributed by atoms with Gasteiger partial charge in [-0.05, 0) is 49.4 Å². The summed E-state index contributed by atoms with van der Waals surface area (Å²) in [6.07, 6.45) is 2.92. The van der Waals surface area contributed by atoms with Gasteiger partial charge in [-0.2, -0.15) is 0 Å². The number of likely N-dealkylation sites (N-methyl/N-ethyl adjacent to an activating group) is 1. The van der Waals surface area contributed by atoms with Crippen LogP contribution in [-0.4, -0.2) is 64.4 Å². The average molecular weight is 409 g/mol. The molecule has 2 aliphatic heterocycles. The van der Waals surface area contributed by atoms with Crippen molar-refractivity contribution in [3.05, 3.63) is 23.8 Å². The fraction of sp³-hybridized carbons (Fsp3) is 0.579. The number of carbonyl (C=O) groups excluding carboxylic acids is 2. The summed E-state index contributed by atoms with van der Waals surface area (Å²) in [4.78, 5) is 27.2. The van der Waals surface area contributed by atoms with Gasteiger partial charge >= 0.3 is 0 Å². The zero-order chi connectivity index (χ0) is 20.3. The van der Waals surface area contributed by atoms with Gasteiger partial charge in [-0.1, -0.05) is 0 Å². The number of likely N-dealkylation sites (tertiary alicyclic amines) is 1. The van der Waals surface area contributed by atoms with E-state index in [0.29, 0.717) is 39.0 Å². The molecule has 2 heterocycles. The Bertz CT molecular complexity index is 847. The molecule has 28 heavy (non-hydrogen) atoms. The number of piperidine rings is 1. The van der Waals surface area contributed by atoms with Gasteiger partial charge < -0.3 is 10.2 Å². The maximum Gasteiger partial charge on any atom is 0.240 e. The number of fused-ring (bicyclic) bond motifs is 1.